The number of benzene rings is 1. The van der Waals surface area contributed by atoms with Crippen molar-refractivity contribution in [2.45, 2.75) is 32.9 Å². The highest BCUT2D eigenvalue weighted by molar-refractivity contribution is 5.73. The van der Waals surface area contributed by atoms with Gasteiger partial charge in [-0.3, -0.25) is 0 Å². The molecule has 0 saturated carbocycles. The summed E-state index contributed by atoms with van der Waals surface area (Å²) >= 11 is 0. The number of nitrogens with one attached hydrogen (secondary N) is 1. The zero-order chi connectivity index (χ0) is 16.7. The lowest BCUT2D eigenvalue weighted by molar-refractivity contribution is 0.205. The Kier molecular flexibility index (Phi) is 5.96. The summed E-state index contributed by atoms with van der Waals surface area (Å²) in [4.78, 5) is 17.4. The molecule has 2 aromatic rings. The van der Waals surface area contributed by atoms with Gasteiger partial charge in [-0.05, 0) is 38.0 Å². The second kappa shape index (κ2) is 8.17. The van der Waals surface area contributed by atoms with Gasteiger partial charge in [0, 0.05) is 13.6 Å². The Morgan fingerprint density at radius 1 is 1.43 bits per heavy atom. The van der Waals surface area contributed by atoms with E-state index in [9.17, 15) is 4.79 Å². The molecule has 0 aliphatic rings. The molecule has 0 atom stereocenters. The van der Waals surface area contributed by atoms with Gasteiger partial charge in [-0.25, -0.2) is 4.79 Å². The Hall–Kier alpha value is -2.57. The number of amides is 2. The third kappa shape index (κ3) is 5.61. The van der Waals surface area contributed by atoms with Crippen LogP contribution in [0.15, 0.2) is 35.2 Å². The van der Waals surface area contributed by atoms with Gasteiger partial charge in [0.25, 0.3) is 0 Å². The third-order valence-electron chi connectivity index (χ3n) is 3.09. The van der Waals surface area contributed by atoms with E-state index in [0.717, 1.165) is 17.7 Å². The van der Waals surface area contributed by atoms with Crippen molar-refractivity contribution in [1.29, 1.82) is 0 Å². The molecule has 2 rings (SSSR count). The molecular formula is C16H22N4O3. The number of rotatable bonds is 7. The van der Waals surface area contributed by atoms with Crippen molar-refractivity contribution in [1.82, 2.24) is 20.4 Å². The number of carbonyl (C=O) groups is 1. The van der Waals surface area contributed by atoms with E-state index in [0.29, 0.717) is 18.9 Å². The van der Waals surface area contributed by atoms with Crippen LogP contribution in [-0.4, -0.2) is 40.8 Å². The van der Waals surface area contributed by atoms with Crippen LogP contribution < -0.4 is 10.1 Å². The lowest BCUT2D eigenvalue weighted by Gasteiger charge is -2.16. The maximum Gasteiger partial charge on any atom is 0.317 e. The fraction of sp³-hybridized carbons (Fsp3) is 0.438. The monoisotopic (exact) mass is 318 g/mol. The van der Waals surface area contributed by atoms with E-state index in [1.165, 1.54) is 11.3 Å². The molecule has 0 aliphatic carbocycles. The molecular weight excluding hydrogens is 296 g/mol. The normalized spacial score (nSPS) is 10.6. The van der Waals surface area contributed by atoms with Gasteiger partial charge in [0.05, 0.1) is 12.6 Å². The van der Waals surface area contributed by atoms with Gasteiger partial charge >= 0.3 is 6.03 Å². The molecule has 1 aromatic carbocycles. The van der Waals surface area contributed by atoms with Crippen LogP contribution in [0.1, 0.15) is 25.2 Å². The molecule has 7 nitrogen and oxygen atoms in total. The molecule has 7 heteroatoms. The van der Waals surface area contributed by atoms with Crippen LogP contribution in [0, 0.1) is 0 Å². The largest absolute Gasteiger partial charge is 0.491 e. The Bertz CT molecular complexity index is 614. The Morgan fingerprint density at radius 3 is 2.96 bits per heavy atom. The molecule has 124 valence electrons. The predicted molar refractivity (Wildman–Crippen MR) is 85.1 cm³/mol. The minimum Gasteiger partial charge on any atom is -0.491 e. The first kappa shape index (κ1) is 16.8. The van der Waals surface area contributed by atoms with E-state index >= 15 is 0 Å². The second-order valence-corrected chi connectivity index (χ2v) is 5.50. The van der Waals surface area contributed by atoms with Gasteiger partial charge in [-0.1, -0.05) is 17.3 Å². The highest BCUT2D eigenvalue weighted by Gasteiger charge is 2.11. The van der Waals surface area contributed by atoms with E-state index in [1.807, 2.05) is 38.1 Å². The number of nitrogens with zero attached hydrogens (tertiary/aromatic N) is 3. The summed E-state index contributed by atoms with van der Waals surface area (Å²) < 4.78 is 10.3. The molecule has 0 bridgehead atoms. The molecule has 0 saturated heterocycles. The maximum atomic E-state index is 12.0. The fourth-order valence-corrected chi connectivity index (χ4v) is 2.04. The average Bonchev–Trinajstić information content (AvgIpc) is 2.99. The van der Waals surface area contributed by atoms with Crippen molar-refractivity contribution >= 4 is 6.03 Å². The predicted octanol–water partition coefficient (Wildman–Crippen LogP) is 2.24. The molecule has 0 aliphatic heterocycles. The van der Waals surface area contributed by atoms with Gasteiger partial charge in [0.15, 0.2) is 5.82 Å². The summed E-state index contributed by atoms with van der Waals surface area (Å²) in [6.45, 7) is 4.83. The number of ether oxygens (including phenoxy) is 1. The molecule has 0 unspecified atom stereocenters. The third-order valence-corrected chi connectivity index (χ3v) is 3.09. The summed E-state index contributed by atoms with van der Waals surface area (Å²) in [7, 11) is 1.68. The first-order valence-electron chi connectivity index (χ1n) is 7.54. The maximum absolute atomic E-state index is 12.0. The topological polar surface area (TPSA) is 80.5 Å². The van der Waals surface area contributed by atoms with Crippen molar-refractivity contribution in [3.05, 3.63) is 42.0 Å². The first-order chi connectivity index (χ1) is 11.0. The molecule has 1 heterocycles. The molecule has 1 aromatic heterocycles. The van der Waals surface area contributed by atoms with Crippen molar-refractivity contribution in [2.75, 3.05) is 13.6 Å². The Morgan fingerprint density at radius 2 is 2.26 bits per heavy atom. The standard InChI is InChI=1S/C16H22N4O3/c1-12(2)23-14-6-4-5-13(9-14)7-8-17-16(21)20(3)10-15-18-11-22-19-15/h4-6,9,11-12H,7-8,10H2,1-3H3,(H,17,21). The lowest BCUT2D eigenvalue weighted by Crippen LogP contribution is -2.38. The van der Waals surface area contributed by atoms with Crippen LogP contribution in [0.2, 0.25) is 0 Å². The van der Waals surface area contributed by atoms with Crippen LogP contribution >= 0.6 is 0 Å². The van der Waals surface area contributed by atoms with Crippen LogP contribution in [-0.2, 0) is 13.0 Å². The summed E-state index contributed by atoms with van der Waals surface area (Å²) in [6, 6.07) is 7.72. The smallest absolute Gasteiger partial charge is 0.317 e. The number of carbonyl (C=O) groups excluding carboxylic acids is 1. The van der Waals surface area contributed by atoms with E-state index in [2.05, 4.69) is 20.0 Å². The summed E-state index contributed by atoms with van der Waals surface area (Å²) in [5, 5.41) is 6.54. The summed E-state index contributed by atoms with van der Waals surface area (Å²) in [6.07, 6.45) is 2.12. The number of urea groups is 1. The molecule has 1 N–H and O–H groups in total. The fourth-order valence-electron chi connectivity index (χ4n) is 2.04. The summed E-state index contributed by atoms with van der Waals surface area (Å²) in [5.41, 5.74) is 1.12. The van der Waals surface area contributed by atoms with Gasteiger partial charge in [-0.15, -0.1) is 0 Å². The zero-order valence-corrected chi connectivity index (χ0v) is 13.7. The number of aromatic nitrogens is 2. The highest BCUT2D eigenvalue weighted by Crippen LogP contribution is 2.15. The quantitative estimate of drug-likeness (QED) is 0.847. The molecule has 2 amide bonds. The van der Waals surface area contributed by atoms with Crippen molar-refractivity contribution in [3.63, 3.8) is 0 Å². The Labute approximate surface area is 135 Å². The molecule has 23 heavy (non-hydrogen) atoms. The minimum atomic E-state index is -0.176. The SMILES string of the molecule is CC(C)Oc1cccc(CCNC(=O)N(C)Cc2ncon2)c1. The van der Waals surface area contributed by atoms with E-state index in [-0.39, 0.29) is 12.1 Å². The van der Waals surface area contributed by atoms with Gasteiger partial charge in [-0.2, -0.15) is 4.98 Å². The van der Waals surface area contributed by atoms with E-state index in [4.69, 9.17) is 4.74 Å². The van der Waals surface area contributed by atoms with E-state index < -0.39 is 0 Å². The number of hydrogen-bond donors (Lipinski definition) is 1. The minimum absolute atomic E-state index is 0.142. The van der Waals surface area contributed by atoms with Gasteiger partial charge in [0.2, 0.25) is 6.39 Å². The molecule has 0 radical (unpaired) electrons. The molecule has 0 fully saturated rings. The average molecular weight is 318 g/mol. The zero-order valence-electron chi connectivity index (χ0n) is 13.7. The number of hydrogen-bond acceptors (Lipinski definition) is 5. The van der Waals surface area contributed by atoms with Crippen molar-refractivity contribution < 1.29 is 14.1 Å². The Balaban J connectivity index is 1.76. The van der Waals surface area contributed by atoms with Crippen LogP contribution in [0.25, 0.3) is 0 Å². The van der Waals surface area contributed by atoms with Crippen LogP contribution in [0.3, 0.4) is 0 Å². The summed E-state index contributed by atoms with van der Waals surface area (Å²) in [5.74, 6) is 1.32. The first-order valence-corrected chi connectivity index (χ1v) is 7.54. The van der Waals surface area contributed by atoms with Crippen LogP contribution in [0.5, 0.6) is 5.75 Å². The molecule has 0 spiro atoms. The van der Waals surface area contributed by atoms with Crippen LogP contribution in [0.4, 0.5) is 4.79 Å². The van der Waals surface area contributed by atoms with E-state index in [1.54, 1.807) is 7.05 Å². The second-order valence-electron chi connectivity index (χ2n) is 5.50. The lowest BCUT2D eigenvalue weighted by atomic mass is 10.1. The van der Waals surface area contributed by atoms with Crippen molar-refractivity contribution in [2.24, 2.45) is 0 Å². The highest BCUT2D eigenvalue weighted by atomic mass is 16.5. The van der Waals surface area contributed by atoms with Gasteiger partial charge < -0.3 is 19.5 Å². The van der Waals surface area contributed by atoms with Crippen molar-refractivity contribution in [3.8, 4) is 5.75 Å². The van der Waals surface area contributed by atoms with Gasteiger partial charge in [0.1, 0.15) is 5.75 Å².